The lowest BCUT2D eigenvalue weighted by Gasteiger charge is -2.36. The molecule has 0 radical (unpaired) electrons. The minimum Gasteiger partial charge on any atom is -0.497 e. The monoisotopic (exact) mass is 291 g/mol. The molecule has 0 unspecified atom stereocenters. The third kappa shape index (κ3) is 4.74. The number of carbonyl (C=O) groups is 1. The molecular weight excluding hydrogens is 266 g/mol. The highest BCUT2D eigenvalue weighted by Crippen LogP contribution is 2.37. The van der Waals surface area contributed by atoms with Gasteiger partial charge in [-0.05, 0) is 57.2 Å². The normalized spacial score (nSPS) is 21.5. The molecule has 0 bridgehead atoms. The zero-order valence-corrected chi connectivity index (χ0v) is 13.3. The lowest BCUT2D eigenvalue weighted by Crippen LogP contribution is -2.43. The third-order valence-corrected chi connectivity index (χ3v) is 3.66. The first kappa shape index (κ1) is 15.8. The quantitative estimate of drug-likeness (QED) is 0.847. The van der Waals surface area contributed by atoms with Crippen LogP contribution in [0.3, 0.4) is 0 Å². The van der Waals surface area contributed by atoms with Crippen LogP contribution in [0.2, 0.25) is 0 Å². The minimum atomic E-state index is -0.415. The lowest BCUT2D eigenvalue weighted by atomic mass is 9.76. The van der Waals surface area contributed by atoms with Gasteiger partial charge in [-0.3, -0.25) is 4.79 Å². The van der Waals surface area contributed by atoms with E-state index >= 15 is 0 Å². The molecule has 1 fully saturated rings. The van der Waals surface area contributed by atoms with E-state index in [1.807, 2.05) is 32.9 Å². The van der Waals surface area contributed by atoms with Crippen molar-refractivity contribution in [3.8, 4) is 5.75 Å². The molecule has 0 heterocycles. The van der Waals surface area contributed by atoms with Gasteiger partial charge in [-0.15, -0.1) is 0 Å². The first-order chi connectivity index (χ1) is 9.87. The Hall–Kier alpha value is -1.55. The van der Waals surface area contributed by atoms with Gasteiger partial charge in [-0.25, -0.2) is 0 Å². The van der Waals surface area contributed by atoms with Gasteiger partial charge in [0.25, 0.3) is 0 Å². The van der Waals surface area contributed by atoms with Crippen LogP contribution in [0.4, 0.5) is 0 Å². The van der Waals surface area contributed by atoms with Crippen LogP contribution in [0.25, 0.3) is 0 Å². The average Bonchev–Trinajstić information content (AvgIpc) is 2.35. The molecule has 4 heteroatoms. The molecular formula is C17H25NO3. The van der Waals surface area contributed by atoms with Crippen LogP contribution in [0, 0.1) is 0 Å². The summed E-state index contributed by atoms with van der Waals surface area (Å²) in [6, 6.07) is 8.61. The van der Waals surface area contributed by atoms with Gasteiger partial charge in [0.05, 0.1) is 13.7 Å². The van der Waals surface area contributed by atoms with E-state index in [1.54, 1.807) is 7.11 Å². The van der Waals surface area contributed by atoms with E-state index in [1.165, 1.54) is 5.56 Å². The molecule has 116 valence electrons. The molecule has 21 heavy (non-hydrogen) atoms. The van der Waals surface area contributed by atoms with Crippen LogP contribution in [0.1, 0.15) is 45.1 Å². The fourth-order valence-corrected chi connectivity index (χ4v) is 2.56. The Kier molecular flexibility index (Phi) is 4.88. The standard InChI is InChI=1S/C17H25NO3/c1-17(2,3)21-16(19)11-18-14-8-13(9-14)12-6-5-7-15(10-12)20-4/h5-7,10,13-14,18H,8-9,11H2,1-4H3. The van der Waals surface area contributed by atoms with E-state index in [2.05, 4.69) is 17.4 Å². The molecule has 1 aliphatic rings. The van der Waals surface area contributed by atoms with Crippen molar-refractivity contribution in [3.63, 3.8) is 0 Å². The van der Waals surface area contributed by atoms with E-state index in [0.717, 1.165) is 18.6 Å². The van der Waals surface area contributed by atoms with Gasteiger partial charge >= 0.3 is 5.97 Å². The van der Waals surface area contributed by atoms with Gasteiger partial charge in [0, 0.05) is 6.04 Å². The Morgan fingerprint density at radius 2 is 2.05 bits per heavy atom. The molecule has 0 aliphatic heterocycles. The van der Waals surface area contributed by atoms with Crippen molar-refractivity contribution in [2.24, 2.45) is 0 Å². The van der Waals surface area contributed by atoms with Crippen LogP contribution in [0.15, 0.2) is 24.3 Å². The summed E-state index contributed by atoms with van der Waals surface area (Å²) in [6.45, 7) is 5.93. The molecule has 1 aromatic carbocycles. The summed E-state index contributed by atoms with van der Waals surface area (Å²) in [4.78, 5) is 11.6. The smallest absolute Gasteiger partial charge is 0.320 e. The highest BCUT2D eigenvalue weighted by molar-refractivity contribution is 5.72. The fraction of sp³-hybridized carbons (Fsp3) is 0.588. The second-order valence-electron chi connectivity index (χ2n) is 6.61. The molecule has 0 saturated heterocycles. The Morgan fingerprint density at radius 3 is 2.67 bits per heavy atom. The minimum absolute atomic E-state index is 0.188. The number of carbonyl (C=O) groups excluding carboxylic acids is 1. The number of benzene rings is 1. The maximum atomic E-state index is 11.6. The molecule has 1 aromatic rings. The molecule has 2 rings (SSSR count). The van der Waals surface area contributed by atoms with Gasteiger partial charge in [-0.2, -0.15) is 0 Å². The van der Waals surface area contributed by atoms with Crippen LogP contribution in [0.5, 0.6) is 5.75 Å². The first-order valence-electron chi connectivity index (χ1n) is 7.46. The summed E-state index contributed by atoms with van der Waals surface area (Å²) in [5.74, 6) is 1.27. The van der Waals surface area contributed by atoms with Crippen LogP contribution >= 0.6 is 0 Å². The highest BCUT2D eigenvalue weighted by Gasteiger charge is 2.30. The zero-order chi connectivity index (χ0) is 15.5. The number of ether oxygens (including phenoxy) is 2. The number of hydrogen-bond donors (Lipinski definition) is 1. The van der Waals surface area contributed by atoms with Crippen molar-refractivity contribution in [1.82, 2.24) is 5.32 Å². The lowest BCUT2D eigenvalue weighted by molar-refractivity contribution is -0.153. The summed E-state index contributed by atoms with van der Waals surface area (Å²) in [7, 11) is 1.69. The van der Waals surface area contributed by atoms with E-state index in [-0.39, 0.29) is 12.5 Å². The van der Waals surface area contributed by atoms with Gasteiger partial charge in [0.15, 0.2) is 0 Å². The third-order valence-electron chi connectivity index (χ3n) is 3.66. The fourth-order valence-electron chi connectivity index (χ4n) is 2.56. The second-order valence-corrected chi connectivity index (χ2v) is 6.61. The molecule has 1 N–H and O–H groups in total. The summed E-state index contributed by atoms with van der Waals surface area (Å²) in [5.41, 5.74) is 0.895. The van der Waals surface area contributed by atoms with E-state index in [9.17, 15) is 4.79 Å². The second kappa shape index (κ2) is 6.48. The first-order valence-corrected chi connectivity index (χ1v) is 7.46. The van der Waals surface area contributed by atoms with Crippen LogP contribution in [-0.2, 0) is 9.53 Å². The molecule has 0 atom stereocenters. The predicted octanol–water partition coefficient (Wildman–Crippen LogP) is 2.87. The van der Waals surface area contributed by atoms with Crippen molar-refractivity contribution in [1.29, 1.82) is 0 Å². The average molecular weight is 291 g/mol. The van der Waals surface area contributed by atoms with Crippen molar-refractivity contribution < 1.29 is 14.3 Å². The van der Waals surface area contributed by atoms with Crippen molar-refractivity contribution in [3.05, 3.63) is 29.8 Å². The molecule has 1 saturated carbocycles. The molecule has 0 spiro atoms. The number of methoxy groups -OCH3 is 1. The largest absolute Gasteiger partial charge is 0.497 e. The predicted molar refractivity (Wildman–Crippen MR) is 82.6 cm³/mol. The molecule has 4 nitrogen and oxygen atoms in total. The van der Waals surface area contributed by atoms with Crippen LogP contribution in [-0.4, -0.2) is 31.3 Å². The Morgan fingerprint density at radius 1 is 1.33 bits per heavy atom. The Labute approximate surface area is 126 Å². The summed E-state index contributed by atoms with van der Waals surface area (Å²) >= 11 is 0. The molecule has 0 aromatic heterocycles. The SMILES string of the molecule is COc1cccc(C2CC(NCC(=O)OC(C)(C)C)C2)c1. The van der Waals surface area contributed by atoms with E-state index in [4.69, 9.17) is 9.47 Å². The number of hydrogen-bond acceptors (Lipinski definition) is 4. The summed E-state index contributed by atoms with van der Waals surface area (Å²) in [6.07, 6.45) is 2.10. The van der Waals surface area contributed by atoms with Crippen molar-refractivity contribution in [2.75, 3.05) is 13.7 Å². The van der Waals surface area contributed by atoms with E-state index in [0.29, 0.717) is 12.0 Å². The maximum Gasteiger partial charge on any atom is 0.320 e. The number of rotatable bonds is 5. The molecule has 0 amide bonds. The van der Waals surface area contributed by atoms with E-state index < -0.39 is 5.60 Å². The van der Waals surface area contributed by atoms with Crippen LogP contribution < -0.4 is 10.1 Å². The Bertz CT molecular complexity index is 487. The van der Waals surface area contributed by atoms with Gasteiger partial charge in [0.2, 0.25) is 0 Å². The van der Waals surface area contributed by atoms with Gasteiger partial charge in [0.1, 0.15) is 11.4 Å². The van der Waals surface area contributed by atoms with Crippen molar-refractivity contribution in [2.45, 2.75) is 51.2 Å². The zero-order valence-electron chi connectivity index (χ0n) is 13.3. The number of nitrogens with one attached hydrogen (secondary N) is 1. The van der Waals surface area contributed by atoms with Gasteiger partial charge in [-0.1, -0.05) is 12.1 Å². The maximum absolute atomic E-state index is 11.6. The highest BCUT2D eigenvalue weighted by atomic mass is 16.6. The Balaban J connectivity index is 1.73. The summed E-state index contributed by atoms with van der Waals surface area (Å²) < 4.78 is 10.5. The van der Waals surface area contributed by atoms with Gasteiger partial charge < -0.3 is 14.8 Å². The number of esters is 1. The topological polar surface area (TPSA) is 47.6 Å². The van der Waals surface area contributed by atoms with Crippen molar-refractivity contribution >= 4 is 5.97 Å². The molecule has 1 aliphatic carbocycles. The summed E-state index contributed by atoms with van der Waals surface area (Å²) in [5, 5.41) is 3.26.